The van der Waals surface area contributed by atoms with E-state index in [2.05, 4.69) is 63.4 Å². The van der Waals surface area contributed by atoms with Gasteiger partial charge in [-0.05, 0) is 36.4 Å². The van der Waals surface area contributed by atoms with E-state index in [-0.39, 0.29) is 0 Å². The van der Waals surface area contributed by atoms with Gasteiger partial charge in [-0.25, -0.2) is 0 Å². The molecule has 0 aliphatic heterocycles. The molecule has 1 heterocycles. The summed E-state index contributed by atoms with van der Waals surface area (Å²) in [6.45, 7) is 0. The number of hydrogen-bond acceptors (Lipinski definition) is 2. The number of hydrogen-bond donors (Lipinski definition) is 0. The second-order valence-corrected chi connectivity index (χ2v) is 6.36. The molecule has 0 unspecified atom stereocenters. The smallest absolute Gasteiger partial charge is 0.0713 e. The number of halogens is 1. The number of nitrogens with zero attached hydrogens (tertiary/aromatic N) is 1. The van der Waals surface area contributed by atoms with Gasteiger partial charge in [-0.1, -0.05) is 58.0 Å². The monoisotopic (exact) mass is 341 g/mol. The van der Waals surface area contributed by atoms with Gasteiger partial charge < -0.3 is 0 Å². The van der Waals surface area contributed by atoms with E-state index in [0.29, 0.717) is 0 Å². The van der Waals surface area contributed by atoms with E-state index in [9.17, 15) is 0 Å². The summed E-state index contributed by atoms with van der Waals surface area (Å²) < 4.78 is 1.10. The van der Waals surface area contributed by atoms with Gasteiger partial charge in [0.25, 0.3) is 0 Å². The van der Waals surface area contributed by atoms with Crippen molar-refractivity contribution in [3.63, 3.8) is 0 Å². The minimum Gasteiger partial charge on any atom is -0.256 e. The Morgan fingerprint density at radius 1 is 0.800 bits per heavy atom. The number of pyridine rings is 1. The largest absolute Gasteiger partial charge is 0.256 e. The maximum atomic E-state index is 4.44. The van der Waals surface area contributed by atoms with E-state index in [1.807, 2.05) is 30.5 Å². The number of benzene rings is 2. The van der Waals surface area contributed by atoms with Crippen molar-refractivity contribution in [2.75, 3.05) is 0 Å². The van der Waals surface area contributed by atoms with E-state index in [1.54, 1.807) is 11.8 Å². The standard InChI is InChI=1S/C17H12BrNS/c18-14-6-8-15(9-7-14)20-16-10-11-19-17(12-16)13-4-2-1-3-5-13/h1-12H. The highest BCUT2D eigenvalue weighted by Crippen LogP contribution is 2.30. The van der Waals surface area contributed by atoms with Crippen molar-refractivity contribution in [2.24, 2.45) is 0 Å². The van der Waals surface area contributed by atoms with Crippen LogP contribution < -0.4 is 0 Å². The van der Waals surface area contributed by atoms with Crippen LogP contribution in [0.3, 0.4) is 0 Å². The third-order valence-corrected chi connectivity index (χ3v) is 4.38. The van der Waals surface area contributed by atoms with Crippen LogP contribution in [-0.2, 0) is 0 Å². The van der Waals surface area contributed by atoms with Crippen LogP contribution in [-0.4, -0.2) is 4.98 Å². The van der Waals surface area contributed by atoms with Crippen LogP contribution in [0.15, 0.2) is 87.2 Å². The van der Waals surface area contributed by atoms with E-state index in [1.165, 1.54) is 9.79 Å². The third kappa shape index (κ3) is 3.30. The summed E-state index contributed by atoms with van der Waals surface area (Å²) in [7, 11) is 0. The highest BCUT2D eigenvalue weighted by atomic mass is 79.9. The Morgan fingerprint density at radius 3 is 2.30 bits per heavy atom. The van der Waals surface area contributed by atoms with E-state index in [4.69, 9.17) is 0 Å². The van der Waals surface area contributed by atoms with Gasteiger partial charge in [-0.3, -0.25) is 4.98 Å². The van der Waals surface area contributed by atoms with Crippen LogP contribution in [0.4, 0.5) is 0 Å². The summed E-state index contributed by atoms with van der Waals surface area (Å²) in [6.07, 6.45) is 1.86. The molecule has 0 N–H and O–H groups in total. The summed E-state index contributed by atoms with van der Waals surface area (Å²) in [5.41, 5.74) is 2.15. The van der Waals surface area contributed by atoms with Crippen molar-refractivity contribution >= 4 is 27.7 Å². The number of aromatic nitrogens is 1. The van der Waals surface area contributed by atoms with Crippen LogP contribution in [0.5, 0.6) is 0 Å². The van der Waals surface area contributed by atoms with Gasteiger partial charge in [-0.15, -0.1) is 0 Å². The summed E-state index contributed by atoms with van der Waals surface area (Å²) >= 11 is 5.20. The molecule has 20 heavy (non-hydrogen) atoms. The maximum Gasteiger partial charge on any atom is 0.0713 e. The predicted molar refractivity (Wildman–Crippen MR) is 87.9 cm³/mol. The Kier molecular flexibility index (Phi) is 4.19. The zero-order chi connectivity index (χ0) is 13.8. The Balaban J connectivity index is 1.86. The van der Waals surface area contributed by atoms with Gasteiger partial charge in [0.1, 0.15) is 0 Å². The molecule has 0 bridgehead atoms. The quantitative estimate of drug-likeness (QED) is 0.609. The Hall–Kier alpha value is -1.58. The van der Waals surface area contributed by atoms with Crippen molar-refractivity contribution in [3.8, 4) is 11.3 Å². The van der Waals surface area contributed by atoms with E-state index in [0.717, 1.165) is 15.7 Å². The molecule has 0 spiro atoms. The van der Waals surface area contributed by atoms with Gasteiger partial charge in [0.15, 0.2) is 0 Å². The lowest BCUT2D eigenvalue weighted by atomic mass is 10.1. The minimum atomic E-state index is 1.01. The first kappa shape index (κ1) is 13.4. The highest BCUT2D eigenvalue weighted by Gasteiger charge is 2.02. The Labute approximate surface area is 131 Å². The highest BCUT2D eigenvalue weighted by molar-refractivity contribution is 9.10. The average molecular weight is 342 g/mol. The van der Waals surface area contributed by atoms with Crippen LogP contribution in [0, 0.1) is 0 Å². The molecule has 3 heteroatoms. The summed E-state index contributed by atoms with van der Waals surface area (Å²) in [5.74, 6) is 0. The minimum absolute atomic E-state index is 1.01. The molecule has 1 aromatic heterocycles. The lowest BCUT2D eigenvalue weighted by molar-refractivity contribution is 1.26. The summed E-state index contributed by atoms with van der Waals surface area (Å²) in [6, 6.07) is 22.7. The molecule has 3 aromatic rings. The lowest BCUT2D eigenvalue weighted by Crippen LogP contribution is -1.83. The normalized spacial score (nSPS) is 10.4. The van der Waals surface area contributed by atoms with Gasteiger partial charge in [-0.2, -0.15) is 0 Å². The van der Waals surface area contributed by atoms with Crippen molar-refractivity contribution in [3.05, 3.63) is 77.4 Å². The molecule has 0 saturated heterocycles. The van der Waals surface area contributed by atoms with Crippen molar-refractivity contribution < 1.29 is 0 Å². The SMILES string of the molecule is Brc1ccc(Sc2ccnc(-c3ccccc3)c2)cc1. The van der Waals surface area contributed by atoms with E-state index >= 15 is 0 Å². The van der Waals surface area contributed by atoms with Gasteiger partial charge >= 0.3 is 0 Å². The predicted octanol–water partition coefficient (Wildman–Crippen LogP) is 5.66. The van der Waals surface area contributed by atoms with Crippen molar-refractivity contribution in [2.45, 2.75) is 9.79 Å². The zero-order valence-electron chi connectivity index (χ0n) is 10.7. The second kappa shape index (κ2) is 6.25. The van der Waals surface area contributed by atoms with Crippen LogP contribution in [0.2, 0.25) is 0 Å². The fraction of sp³-hybridized carbons (Fsp3) is 0. The zero-order valence-corrected chi connectivity index (χ0v) is 13.1. The Morgan fingerprint density at radius 2 is 1.55 bits per heavy atom. The molecule has 0 saturated carbocycles. The van der Waals surface area contributed by atoms with E-state index < -0.39 is 0 Å². The first-order valence-corrected chi connectivity index (χ1v) is 7.87. The van der Waals surface area contributed by atoms with Gasteiger partial charge in [0.05, 0.1) is 5.69 Å². The fourth-order valence-electron chi connectivity index (χ4n) is 1.88. The second-order valence-electron chi connectivity index (χ2n) is 4.30. The number of rotatable bonds is 3. The molecular formula is C17H12BrNS. The molecule has 0 atom stereocenters. The molecule has 2 aromatic carbocycles. The molecule has 1 nitrogen and oxygen atoms in total. The fourth-order valence-corrected chi connectivity index (χ4v) is 2.99. The maximum absolute atomic E-state index is 4.44. The third-order valence-electron chi connectivity index (χ3n) is 2.85. The summed E-state index contributed by atoms with van der Waals surface area (Å²) in [5, 5.41) is 0. The molecule has 0 radical (unpaired) electrons. The molecule has 98 valence electrons. The first-order chi connectivity index (χ1) is 9.81. The van der Waals surface area contributed by atoms with Crippen molar-refractivity contribution in [1.82, 2.24) is 4.98 Å². The molecular weight excluding hydrogens is 330 g/mol. The van der Waals surface area contributed by atoms with Gasteiger partial charge in [0, 0.05) is 26.0 Å². The Bertz CT molecular complexity index is 696. The topological polar surface area (TPSA) is 12.9 Å². The summed E-state index contributed by atoms with van der Waals surface area (Å²) in [4.78, 5) is 6.86. The first-order valence-electron chi connectivity index (χ1n) is 6.26. The molecule has 0 amide bonds. The molecule has 0 aliphatic rings. The molecule has 0 aliphatic carbocycles. The lowest BCUT2D eigenvalue weighted by Gasteiger charge is -2.05. The van der Waals surface area contributed by atoms with Crippen LogP contribution in [0.25, 0.3) is 11.3 Å². The molecule has 3 rings (SSSR count). The average Bonchev–Trinajstić information content (AvgIpc) is 2.51. The van der Waals surface area contributed by atoms with Crippen molar-refractivity contribution in [1.29, 1.82) is 0 Å². The molecule has 0 fully saturated rings. The van der Waals surface area contributed by atoms with Crippen LogP contribution in [0.1, 0.15) is 0 Å². The van der Waals surface area contributed by atoms with Crippen LogP contribution >= 0.6 is 27.7 Å². The van der Waals surface area contributed by atoms with Gasteiger partial charge in [0.2, 0.25) is 0 Å².